The Morgan fingerprint density at radius 3 is 2.69 bits per heavy atom. The fourth-order valence-corrected chi connectivity index (χ4v) is 0.783. The number of nitrogens with zero attached hydrogens (tertiary/aromatic N) is 1. The highest BCUT2D eigenvalue weighted by molar-refractivity contribution is 6.33. The summed E-state index contributed by atoms with van der Waals surface area (Å²) in [7, 11) is -2.12. The molecular weight excluding hydrogens is 183 g/mol. The Morgan fingerprint density at radius 2 is 2.15 bits per heavy atom. The van der Waals surface area contributed by atoms with E-state index in [-0.39, 0.29) is 5.75 Å². The van der Waals surface area contributed by atoms with Gasteiger partial charge in [0.1, 0.15) is 5.75 Å². The Kier molecular flexibility index (Phi) is 3.15. The molecule has 0 saturated carbocycles. The van der Waals surface area contributed by atoms with Crippen molar-refractivity contribution >= 4 is 7.32 Å². The molecule has 0 aliphatic carbocycles. The minimum absolute atomic E-state index is 0.340. The third-order valence-electron chi connectivity index (χ3n) is 1.28. The van der Waals surface area contributed by atoms with Crippen molar-refractivity contribution in [3.05, 3.63) is 24.0 Å². The van der Waals surface area contributed by atoms with E-state index >= 15 is 0 Å². The smallest absolute Gasteiger partial charge is 0.510 e. The molecule has 0 aromatic carbocycles. The van der Waals surface area contributed by atoms with Crippen LogP contribution >= 0.6 is 0 Å². The average Bonchev–Trinajstić information content (AvgIpc) is 2.03. The third-order valence-corrected chi connectivity index (χ3v) is 1.28. The number of hydrogen-bond acceptors (Lipinski definition) is 4. The van der Waals surface area contributed by atoms with Crippen LogP contribution < -0.4 is 4.65 Å². The number of rotatable bonds is 3. The Bertz CT molecular complexity index is 284. The highest BCUT2D eigenvalue weighted by Crippen LogP contribution is 2.27. The summed E-state index contributed by atoms with van der Waals surface area (Å²) in [6, 6.07) is 1.04. The van der Waals surface area contributed by atoms with Gasteiger partial charge in [-0.15, -0.1) is 0 Å². The minimum atomic E-state index is -2.74. The average molecular weight is 189 g/mol. The van der Waals surface area contributed by atoms with Crippen molar-refractivity contribution in [2.45, 2.75) is 6.43 Å². The first-order valence-electron chi connectivity index (χ1n) is 3.36. The number of aromatic nitrogens is 1. The van der Waals surface area contributed by atoms with Crippen LogP contribution in [0, 0.1) is 0 Å². The minimum Gasteiger partial charge on any atom is -0.510 e. The Labute approximate surface area is 73.0 Å². The summed E-state index contributed by atoms with van der Waals surface area (Å²) in [6.07, 6.45) is -0.587. The monoisotopic (exact) mass is 189 g/mol. The number of alkyl halides is 2. The van der Waals surface area contributed by atoms with Crippen molar-refractivity contribution in [1.29, 1.82) is 0 Å². The Hall–Kier alpha value is -1.21. The van der Waals surface area contributed by atoms with Crippen LogP contribution in [0.2, 0.25) is 0 Å². The fraction of sp³-hybridized carbons (Fsp3) is 0.167. The summed E-state index contributed by atoms with van der Waals surface area (Å²) in [5.74, 6) is -0.340. The van der Waals surface area contributed by atoms with Crippen LogP contribution in [0.5, 0.6) is 5.75 Å². The Morgan fingerprint density at radius 1 is 1.46 bits per heavy atom. The Balaban J connectivity index is 2.91. The van der Waals surface area contributed by atoms with Crippen molar-refractivity contribution in [2.24, 2.45) is 0 Å². The summed E-state index contributed by atoms with van der Waals surface area (Å²) in [5, 5.41) is 16.7. The maximum Gasteiger partial charge on any atom is 0.707 e. The molecule has 70 valence electrons. The molecule has 0 bridgehead atoms. The van der Waals surface area contributed by atoms with Gasteiger partial charge in [0.15, 0.2) is 0 Å². The first-order chi connectivity index (χ1) is 6.11. The topological polar surface area (TPSA) is 62.6 Å². The second-order valence-corrected chi connectivity index (χ2v) is 2.16. The molecule has 4 nitrogen and oxygen atoms in total. The predicted molar refractivity (Wildman–Crippen MR) is 40.0 cm³/mol. The SMILES string of the molecule is OB(O)Oc1cnccc1C(F)F. The number of hydrogen-bond donors (Lipinski definition) is 2. The van der Waals surface area contributed by atoms with Gasteiger partial charge in [-0.2, -0.15) is 0 Å². The van der Waals surface area contributed by atoms with Gasteiger partial charge in [0, 0.05) is 6.20 Å². The van der Waals surface area contributed by atoms with E-state index in [0.717, 1.165) is 18.5 Å². The van der Waals surface area contributed by atoms with Gasteiger partial charge in [-0.1, -0.05) is 0 Å². The second kappa shape index (κ2) is 4.15. The first-order valence-corrected chi connectivity index (χ1v) is 3.36. The van der Waals surface area contributed by atoms with Gasteiger partial charge < -0.3 is 14.7 Å². The molecule has 1 aromatic heterocycles. The normalized spacial score (nSPS) is 10.2. The fourth-order valence-electron chi connectivity index (χ4n) is 0.783. The van der Waals surface area contributed by atoms with Crippen LogP contribution in [0.3, 0.4) is 0 Å². The third kappa shape index (κ3) is 2.64. The van der Waals surface area contributed by atoms with Gasteiger partial charge >= 0.3 is 7.32 Å². The molecule has 1 heterocycles. The molecule has 0 saturated heterocycles. The van der Waals surface area contributed by atoms with Crippen LogP contribution in [0.15, 0.2) is 18.5 Å². The van der Waals surface area contributed by atoms with Crippen LogP contribution in [-0.2, 0) is 0 Å². The lowest BCUT2D eigenvalue weighted by atomic mass is 10.2. The molecule has 0 amide bonds. The summed E-state index contributed by atoms with van der Waals surface area (Å²) < 4.78 is 28.7. The molecular formula is C6H6BF2NO3. The van der Waals surface area contributed by atoms with Crippen molar-refractivity contribution in [1.82, 2.24) is 4.98 Å². The molecule has 2 N–H and O–H groups in total. The van der Waals surface area contributed by atoms with Gasteiger partial charge in [-0.05, 0) is 6.07 Å². The van der Waals surface area contributed by atoms with E-state index in [9.17, 15) is 8.78 Å². The number of halogens is 2. The highest BCUT2D eigenvalue weighted by atomic mass is 19.3. The van der Waals surface area contributed by atoms with Gasteiger partial charge in [0.2, 0.25) is 0 Å². The van der Waals surface area contributed by atoms with E-state index in [1.807, 2.05) is 0 Å². The van der Waals surface area contributed by atoms with E-state index in [1.165, 1.54) is 0 Å². The lowest BCUT2D eigenvalue weighted by Crippen LogP contribution is -2.21. The van der Waals surface area contributed by atoms with Crippen LogP contribution in [0.1, 0.15) is 12.0 Å². The predicted octanol–water partition coefficient (Wildman–Crippen LogP) is 0.367. The lowest BCUT2D eigenvalue weighted by molar-refractivity contribution is 0.147. The molecule has 1 rings (SSSR count). The zero-order valence-corrected chi connectivity index (χ0v) is 6.39. The van der Waals surface area contributed by atoms with E-state index < -0.39 is 19.3 Å². The van der Waals surface area contributed by atoms with Crippen molar-refractivity contribution in [2.75, 3.05) is 0 Å². The summed E-state index contributed by atoms with van der Waals surface area (Å²) >= 11 is 0. The molecule has 0 fully saturated rings. The van der Waals surface area contributed by atoms with Crippen molar-refractivity contribution in [3.8, 4) is 5.75 Å². The van der Waals surface area contributed by atoms with Gasteiger partial charge in [-0.25, -0.2) is 8.78 Å². The van der Waals surface area contributed by atoms with Crippen molar-refractivity contribution in [3.63, 3.8) is 0 Å². The lowest BCUT2D eigenvalue weighted by Gasteiger charge is -2.08. The van der Waals surface area contributed by atoms with Crippen LogP contribution in [-0.4, -0.2) is 22.4 Å². The summed E-state index contributed by atoms with van der Waals surface area (Å²) in [6.45, 7) is 0. The van der Waals surface area contributed by atoms with E-state index in [0.29, 0.717) is 0 Å². The first kappa shape index (κ1) is 9.88. The maximum absolute atomic E-state index is 12.2. The van der Waals surface area contributed by atoms with E-state index in [2.05, 4.69) is 9.64 Å². The molecule has 0 atom stereocenters. The highest BCUT2D eigenvalue weighted by Gasteiger charge is 2.18. The molecule has 7 heteroatoms. The van der Waals surface area contributed by atoms with E-state index in [1.54, 1.807) is 0 Å². The molecule has 0 spiro atoms. The zero-order valence-electron chi connectivity index (χ0n) is 6.39. The van der Waals surface area contributed by atoms with Gasteiger partial charge in [-0.3, -0.25) is 4.98 Å². The molecule has 0 aliphatic rings. The largest absolute Gasteiger partial charge is 0.707 e. The zero-order chi connectivity index (χ0) is 9.84. The van der Waals surface area contributed by atoms with Crippen molar-refractivity contribution < 1.29 is 23.5 Å². The second-order valence-electron chi connectivity index (χ2n) is 2.16. The molecule has 0 radical (unpaired) electrons. The maximum atomic E-state index is 12.2. The quantitative estimate of drug-likeness (QED) is 0.674. The molecule has 13 heavy (non-hydrogen) atoms. The van der Waals surface area contributed by atoms with Crippen LogP contribution in [0.4, 0.5) is 8.78 Å². The molecule has 1 aromatic rings. The summed E-state index contributed by atoms with van der Waals surface area (Å²) in [5.41, 5.74) is -0.428. The van der Waals surface area contributed by atoms with E-state index in [4.69, 9.17) is 10.0 Å². The standard InChI is InChI=1S/C6H6BF2NO3/c8-6(9)4-1-2-10-3-5(4)13-7(11)12/h1-3,6,11-12H. The van der Waals surface area contributed by atoms with Gasteiger partial charge in [0.25, 0.3) is 6.43 Å². The molecule has 0 aliphatic heterocycles. The number of pyridine rings is 1. The van der Waals surface area contributed by atoms with Gasteiger partial charge in [0.05, 0.1) is 11.8 Å². The summed E-state index contributed by atoms with van der Waals surface area (Å²) in [4.78, 5) is 3.50. The molecule has 0 unspecified atom stereocenters. The van der Waals surface area contributed by atoms with Crippen LogP contribution in [0.25, 0.3) is 0 Å².